The van der Waals surface area contributed by atoms with Crippen LogP contribution in [-0.4, -0.2) is 0 Å². The fraction of sp³-hybridized carbons (Fsp3) is 0.125. The van der Waals surface area contributed by atoms with Gasteiger partial charge in [0.05, 0.1) is 3.04 Å². The topological polar surface area (TPSA) is 0 Å². The van der Waals surface area contributed by atoms with Gasteiger partial charge < -0.3 is 0 Å². The average molecular weight is 369 g/mol. The molecule has 0 fully saturated rings. The fourth-order valence-corrected chi connectivity index (χ4v) is 2.40. The lowest BCUT2D eigenvalue weighted by Crippen LogP contribution is -1.96. The molecule has 2 heteroatoms. The molecule has 2 aromatic carbocycles. The maximum absolute atomic E-state index is 6.21. The van der Waals surface area contributed by atoms with Gasteiger partial charge in [-0.1, -0.05) is 72.3 Å². The van der Waals surface area contributed by atoms with E-state index in [0.717, 1.165) is 15.9 Å². The van der Waals surface area contributed by atoms with Crippen LogP contribution in [0.5, 0.6) is 0 Å². The molecule has 0 aliphatic heterocycles. The lowest BCUT2D eigenvalue weighted by atomic mass is 10.00. The zero-order valence-electron chi connectivity index (χ0n) is 9.94. The Hall–Kier alpha value is -0.800. The average Bonchev–Trinajstić information content (AvgIpc) is 2.40. The van der Waals surface area contributed by atoms with Crippen molar-refractivity contribution in [3.05, 3.63) is 80.4 Å². The molecule has 0 bridgehead atoms. The third-order valence-electron chi connectivity index (χ3n) is 2.79. The molecule has 0 atom stereocenters. The summed E-state index contributed by atoms with van der Waals surface area (Å²) in [6.07, 6.45) is 1.83. The van der Waals surface area contributed by atoms with Crippen LogP contribution in [0.1, 0.15) is 11.1 Å². The van der Waals surface area contributed by atoms with E-state index in [1.807, 2.05) is 12.1 Å². The van der Waals surface area contributed by atoms with Gasteiger partial charge in [0.25, 0.3) is 0 Å². The van der Waals surface area contributed by atoms with Crippen LogP contribution in [0.25, 0.3) is 0 Å². The van der Waals surface area contributed by atoms with Crippen molar-refractivity contribution in [3.63, 3.8) is 0 Å². The van der Waals surface area contributed by atoms with E-state index in [1.165, 1.54) is 16.7 Å². The highest BCUT2D eigenvalue weighted by Gasteiger charge is 2.05. The largest absolute Gasteiger partial charge is 0.0787 e. The summed E-state index contributed by atoms with van der Waals surface area (Å²) in [6.45, 7) is 0. The monoisotopic (exact) mass is 368 g/mol. The summed E-state index contributed by atoms with van der Waals surface area (Å²) in [7, 11) is 0. The molecular formula is C16H14ClI. The van der Waals surface area contributed by atoms with Crippen LogP contribution >= 0.6 is 34.2 Å². The van der Waals surface area contributed by atoms with Crippen molar-refractivity contribution in [3.8, 4) is 0 Å². The Morgan fingerprint density at radius 1 is 0.778 bits per heavy atom. The Balaban J connectivity index is 2.14. The lowest BCUT2D eigenvalue weighted by molar-refractivity contribution is 1.04. The van der Waals surface area contributed by atoms with E-state index in [4.69, 9.17) is 11.6 Å². The van der Waals surface area contributed by atoms with Crippen LogP contribution in [0.2, 0.25) is 0 Å². The minimum atomic E-state index is 0.875. The number of halogens is 2. The number of benzene rings is 2. The van der Waals surface area contributed by atoms with Crippen molar-refractivity contribution in [2.45, 2.75) is 12.8 Å². The Morgan fingerprint density at radius 2 is 1.17 bits per heavy atom. The van der Waals surface area contributed by atoms with Crippen LogP contribution in [0.15, 0.2) is 69.3 Å². The van der Waals surface area contributed by atoms with Gasteiger partial charge in [-0.15, -0.1) is 0 Å². The van der Waals surface area contributed by atoms with E-state index in [9.17, 15) is 0 Å². The second-order valence-electron chi connectivity index (χ2n) is 4.19. The maximum Gasteiger partial charge on any atom is 0.0787 e. The minimum Gasteiger partial charge on any atom is -0.0772 e. The van der Waals surface area contributed by atoms with Gasteiger partial charge in [0.1, 0.15) is 0 Å². The van der Waals surface area contributed by atoms with Crippen LogP contribution in [-0.2, 0) is 12.8 Å². The highest BCUT2D eigenvalue weighted by atomic mass is 127. The van der Waals surface area contributed by atoms with Gasteiger partial charge in [-0.05, 0) is 52.1 Å². The summed E-state index contributed by atoms with van der Waals surface area (Å²) < 4.78 is 0.875. The predicted octanol–water partition coefficient (Wildman–Crippen LogP) is 5.36. The quantitative estimate of drug-likeness (QED) is 0.638. The first-order valence-electron chi connectivity index (χ1n) is 5.86. The molecule has 0 saturated carbocycles. The van der Waals surface area contributed by atoms with Crippen molar-refractivity contribution in [1.82, 2.24) is 0 Å². The number of rotatable bonds is 4. The Bertz CT molecular complexity index is 470. The van der Waals surface area contributed by atoms with E-state index in [2.05, 4.69) is 71.1 Å². The van der Waals surface area contributed by atoms with Gasteiger partial charge >= 0.3 is 0 Å². The molecule has 18 heavy (non-hydrogen) atoms. The summed E-state index contributed by atoms with van der Waals surface area (Å²) in [5, 5.41) is 0. The van der Waals surface area contributed by atoms with Gasteiger partial charge in [0.2, 0.25) is 0 Å². The third-order valence-corrected chi connectivity index (χ3v) is 3.82. The van der Waals surface area contributed by atoms with Gasteiger partial charge in [0, 0.05) is 0 Å². The molecule has 0 unspecified atom stereocenters. The molecule has 0 nitrogen and oxygen atoms in total. The molecule has 0 spiro atoms. The SMILES string of the molecule is ClC(I)=C(Cc1ccccc1)Cc1ccccc1. The van der Waals surface area contributed by atoms with E-state index in [-0.39, 0.29) is 0 Å². The van der Waals surface area contributed by atoms with Crippen molar-refractivity contribution in [1.29, 1.82) is 0 Å². The molecule has 0 aromatic heterocycles. The molecule has 2 rings (SSSR count). The summed E-state index contributed by atoms with van der Waals surface area (Å²) in [6, 6.07) is 20.9. The molecule has 0 amide bonds. The third kappa shape index (κ3) is 4.14. The van der Waals surface area contributed by atoms with E-state index < -0.39 is 0 Å². The second kappa shape index (κ2) is 6.95. The van der Waals surface area contributed by atoms with Gasteiger partial charge in [-0.2, -0.15) is 0 Å². The van der Waals surface area contributed by atoms with E-state index >= 15 is 0 Å². The van der Waals surface area contributed by atoms with Gasteiger partial charge in [-0.3, -0.25) is 0 Å². The highest BCUT2D eigenvalue weighted by Crippen LogP contribution is 2.24. The summed E-state index contributed by atoms with van der Waals surface area (Å²) in [4.78, 5) is 0. The molecule has 0 aliphatic rings. The van der Waals surface area contributed by atoms with Crippen LogP contribution < -0.4 is 0 Å². The number of hydrogen-bond donors (Lipinski definition) is 0. The molecule has 0 saturated heterocycles. The van der Waals surface area contributed by atoms with Crippen molar-refractivity contribution in [2.75, 3.05) is 0 Å². The van der Waals surface area contributed by atoms with Crippen LogP contribution in [0, 0.1) is 0 Å². The molecule has 2 aromatic rings. The van der Waals surface area contributed by atoms with Crippen molar-refractivity contribution >= 4 is 34.2 Å². The van der Waals surface area contributed by atoms with E-state index in [1.54, 1.807) is 0 Å². The summed E-state index contributed by atoms with van der Waals surface area (Å²) >= 11 is 8.41. The van der Waals surface area contributed by atoms with E-state index in [0.29, 0.717) is 0 Å². The van der Waals surface area contributed by atoms with Crippen molar-refractivity contribution in [2.24, 2.45) is 0 Å². The molecule has 0 N–H and O–H groups in total. The first kappa shape index (κ1) is 13.6. The number of hydrogen-bond acceptors (Lipinski definition) is 0. The molecule has 0 aliphatic carbocycles. The molecular weight excluding hydrogens is 355 g/mol. The summed E-state index contributed by atoms with van der Waals surface area (Å²) in [5.41, 5.74) is 3.88. The fourth-order valence-electron chi connectivity index (χ4n) is 1.88. The normalized spacial score (nSPS) is 10.1. The molecule has 92 valence electrons. The number of allylic oxidation sites excluding steroid dienone is 1. The maximum atomic E-state index is 6.21. The second-order valence-corrected chi connectivity index (χ2v) is 6.28. The lowest BCUT2D eigenvalue weighted by Gasteiger charge is -2.08. The summed E-state index contributed by atoms with van der Waals surface area (Å²) in [5.74, 6) is 0. The first-order chi connectivity index (χ1) is 8.75. The van der Waals surface area contributed by atoms with Crippen molar-refractivity contribution < 1.29 is 0 Å². The zero-order valence-corrected chi connectivity index (χ0v) is 12.9. The molecule has 0 radical (unpaired) electrons. The first-order valence-corrected chi connectivity index (χ1v) is 7.32. The highest BCUT2D eigenvalue weighted by molar-refractivity contribution is 14.1. The van der Waals surface area contributed by atoms with Crippen LogP contribution in [0.3, 0.4) is 0 Å². The Morgan fingerprint density at radius 3 is 1.50 bits per heavy atom. The Kier molecular flexibility index (Phi) is 5.26. The zero-order chi connectivity index (χ0) is 12.8. The smallest absolute Gasteiger partial charge is 0.0772 e. The van der Waals surface area contributed by atoms with Gasteiger partial charge in [0.15, 0.2) is 0 Å². The van der Waals surface area contributed by atoms with Crippen LogP contribution in [0.4, 0.5) is 0 Å². The standard InChI is InChI=1S/C16H14ClI/c17-16(18)15(11-13-7-3-1-4-8-13)12-14-9-5-2-6-10-14/h1-10H,11-12H2. The Labute approximate surface area is 127 Å². The predicted molar refractivity (Wildman–Crippen MR) is 87.2 cm³/mol. The minimum absolute atomic E-state index is 0.875. The molecule has 0 heterocycles. The van der Waals surface area contributed by atoms with Gasteiger partial charge in [-0.25, -0.2) is 0 Å².